The van der Waals surface area contributed by atoms with Crippen molar-refractivity contribution in [1.29, 1.82) is 0 Å². The molecule has 4 N–H and O–H groups in total. The van der Waals surface area contributed by atoms with Crippen LogP contribution >= 0.6 is 0 Å². The van der Waals surface area contributed by atoms with Gasteiger partial charge in [-0.15, -0.1) is 0 Å². The molecule has 0 saturated carbocycles. The van der Waals surface area contributed by atoms with Crippen molar-refractivity contribution in [1.82, 2.24) is 0 Å². The first-order chi connectivity index (χ1) is 6.78. The van der Waals surface area contributed by atoms with Crippen molar-refractivity contribution in [2.45, 2.75) is 18.4 Å². The summed E-state index contributed by atoms with van der Waals surface area (Å²) in [6.45, 7) is 0. The molecular weight excluding hydrogens is 319 g/mol. The van der Waals surface area contributed by atoms with E-state index in [1.165, 1.54) is 0 Å². The Hall–Kier alpha value is -1.03. The van der Waals surface area contributed by atoms with Crippen LogP contribution in [0.1, 0.15) is 12.8 Å². The average Bonchev–Trinajstić information content (AvgIpc) is 2.04. The molecule has 0 bridgehead atoms. The van der Waals surface area contributed by atoms with E-state index in [-0.39, 0.29) is 0 Å². The molecule has 84 valence electrons. The Morgan fingerprint density at radius 2 is 1.20 bits per heavy atom. The molecule has 0 unspecified atom stereocenters. The van der Waals surface area contributed by atoms with E-state index in [1.54, 1.807) is 0 Å². The van der Waals surface area contributed by atoms with E-state index in [4.69, 9.17) is 23.5 Å². The van der Waals surface area contributed by atoms with Gasteiger partial charge in [-0.25, -0.2) is 4.79 Å². The monoisotopic (exact) mass is 328 g/mol. The second-order valence-corrected chi connectivity index (χ2v) is 2.48. The van der Waals surface area contributed by atoms with Crippen molar-refractivity contribution in [2.75, 3.05) is 0 Å². The van der Waals surface area contributed by atoms with Gasteiger partial charge in [0.15, 0.2) is 5.60 Å². The Labute approximate surface area is 97.0 Å². The maximum absolute atomic E-state index is 10.3. The summed E-state index contributed by atoms with van der Waals surface area (Å²) in [6, 6.07) is 0. The fourth-order valence-corrected chi connectivity index (χ4v) is 0.714. The Kier molecular flexibility index (Phi) is 7.97. The zero-order chi connectivity index (χ0) is 12.6. The van der Waals surface area contributed by atoms with Crippen molar-refractivity contribution < 1.29 is 37.9 Å². The molecular formula is C6H8O8Sn. The maximum atomic E-state index is 10.3. The first-order valence-corrected chi connectivity index (χ1v) is 4.54. The van der Waals surface area contributed by atoms with Crippen LogP contribution in [0.3, 0.4) is 0 Å². The molecule has 0 rings (SSSR count). The number of aliphatic carboxylic acids is 3. The SMILES string of the molecule is O=C(O)CC(O)(CC(=O)O)C(=O)O.[O]=[Sn]. The third-order valence-corrected chi connectivity index (χ3v) is 1.29. The topological polar surface area (TPSA) is 149 Å². The molecule has 15 heavy (non-hydrogen) atoms. The minimum absolute atomic E-state index is 0.300. The molecule has 0 heterocycles. The molecule has 2 radical (unpaired) electrons. The van der Waals surface area contributed by atoms with Crippen molar-refractivity contribution in [3.8, 4) is 0 Å². The normalized spacial score (nSPS) is 9.67. The van der Waals surface area contributed by atoms with Crippen LogP contribution in [0.4, 0.5) is 0 Å². The number of carbonyl (C=O) groups is 3. The molecule has 0 amide bonds. The molecule has 0 aliphatic carbocycles. The Balaban J connectivity index is 0. The van der Waals surface area contributed by atoms with E-state index in [0.29, 0.717) is 22.5 Å². The molecule has 0 aromatic rings. The van der Waals surface area contributed by atoms with Crippen LogP contribution in [0, 0.1) is 0 Å². The van der Waals surface area contributed by atoms with Gasteiger partial charge in [-0.05, 0) is 0 Å². The number of rotatable bonds is 5. The van der Waals surface area contributed by atoms with Gasteiger partial charge in [-0.1, -0.05) is 0 Å². The summed E-state index contributed by atoms with van der Waals surface area (Å²) in [6.07, 6.45) is -2.29. The van der Waals surface area contributed by atoms with Gasteiger partial charge in [0.25, 0.3) is 0 Å². The Morgan fingerprint density at radius 3 is 1.33 bits per heavy atom. The predicted molar refractivity (Wildman–Crippen MR) is 43.5 cm³/mol. The molecule has 0 aromatic heterocycles. The summed E-state index contributed by atoms with van der Waals surface area (Å²) in [5, 5.41) is 33.8. The van der Waals surface area contributed by atoms with Crippen molar-refractivity contribution in [3.63, 3.8) is 0 Å². The van der Waals surface area contributed by atoms with Crippen LogP contribution in [-0.2, 0) is 17.5 Å². The molecule has 0 atom stereocenters. The minimum atomic E-state index is -2.74. The summed E-state index contributed by atoms with van der Waals surface area (Å²) in [5.74, 6) is -5.02. The molecule has 9 heteroatoms. The van der Waals surface area contributed by atoms with E-state index >= 15 is 0 Å². The van der Waals surface area contributed by atoms with E-state index in [9.17, 15) is 14.4 Å². The van der Waals surface area contributed by atoms with Gasteiger partial charge in [0.1, 0.15) is 0 Å². The Bertz CT molecular complexity index is 246. The van der Waals surface area contributed by atoms with Crippen LogP contribution in [-0.4, -0.2) is 66.4 Å². The summed E-state index contributed by atoms with van der Waals surface area (Å²) in [5.41, 5.74) is -2.74. The number of hydrogen-bond donors (Lipinski definition) is 4. The standard InChI is InChI=1S/C6H8O7.O.Sn/c7-3(8)1-6(13,5(11)12)2-4(9)10;;/h13H,1-2H2,(H,7,8)(H,9,10)(H,11,12);;. The second kappa shape index (κ2) is 7.29. The summed E-state index contributed by atoms with van der Waals surface area (Å²) in [4.78, 5) is 30.5. The predicted octanol–water partition coefficient (Wildman–Crippen LogP) is -1.75. The van der Waals surface area contributed by atoms with Gasteiger partial charge < -0.3 is 20.4 Å². The zero-order valence-electron chi connectivity index (χ0n) is 7.34. The summed E-state index contributed by atoms with van der Waals surface area (Å²) < 4.78 is 8.34. The second-order valence-electron chi connectivity index (χ2n) is 2.48. The van der Waals surface area contributed by atoms with E-state index in [0.717, 1.165) is 0 Å². The summed E-state index contributed by atoms with van der Waals surface area (Å²) in [7, 11) is 0. The van der Waals surface area contributed by atoms with Crippen LogP contribution in [0.25, 0.3) is 0 Å². The van der Waals surface area contributed by atoms with Crippen LogP contribution in [0.2, 0.25) is 0 Å². The third kappa shape index (κ3) is 6.96. The number of aliphatic hydroxyl groups is 1. The van der Waals surface area contributed by atoms with Gasteiger partial charge in [0.05, 0.1) is 12.8 Å². The van der Waals surface area contributed by atoms with Gasteiger partial charge in [0.2, 0.25) is 0 Å². The van der Waals surface area contributed by atoms with Gasteiger partial charge in [-0.2, -0.15) is 0 Å². The number of hydrogen-bond acceptors (Lipinski definition) is 5. The quantitative estimate of drug-likeness (QED) is 0.434. The molecule has 0 aliphatic rings. The fourth-order valence-electron chi connectivity index (χ4n) is 0.714. The molecule has 0 saturated heterocycles. The number of carboxylic acid groups (broad SMARTS) is 3. The van der Waals surface area contributed by atoms with E-state index in [2.05, 4.69) is 0 Å². The van der Waals surface area contributed by atoms with Crippen molar-refractivity contribution in [3.05, 3.63) is 0 Å². The average molecular weight is 327 g/mol. The first-order valence-electron chi connectivity index (χ1n) is 3.38. The van der Waals surface area contributed by atoms with Crippen molar-refractivity contribution >= 4 is 40.4 Å². The zero-order valence-corrected chi connectivity index (χ0v) is 10.2. The molecule has 0 spiro atoms. The molecule has 0 fully saturated rings. The van der Waals surface area contributed by atoms with Crippen molar-refractivity contribution in [2.24, 2.45) is 0 Å². The summed E-state index contributed by atoms with van der Waals surface area (Å²) >= 11 is 0.300. The molecule has 8 nitrogen and oxygen atoms in total. The van der Waals surface area contributed by atoms with Gasteiger partial charge in [-0.3, -0.25) is 9.59 Å². The van der Waals surface area contributed by atoms with E-state index < -0.39 is 36.4 Å². The number of carboxylic acids is 3. The first kappa shape index (κ1) is 16.4. The van der Waals surface area contributed by atoms with Crippen LogP contribution in [0.15, 0.2) is 0 Å². The molecule has 0 aromatic carbocycles. The van der Waals surface area contributed by atoms with Gasteiger partial charge in [0, 0.05) is 0 Å². The fraction of sp³-hybridized carbons (Fsp3) is 0.500. The third-order valence-electron chi connectivity index (χ3n) is 1.29. The van der Waals surface area contributed by atoms with Crippen LogP contribution < -0.4 is 0 Å². The van der Waals surface area contributed by atoms with Crippen LogP contribution in [0.5, 0.6) is 0 Å². The molecule has 0 aliphatic heterocycles. The van der Waals surface area contributed by atoms with Gasteiger partial charge >= 0.3 is 43.5 Å². The Morgan fingerprint density at radius 1 is 0.933 bits per heavy atom. The van der Waals surface area contributed by atoms with E-state index in [1.807, 2.05) is 0 Å².